The van der Waals surface area contributed by atoms with Gasteiger partial charge < -0.3 is 5.32 Å². The van der Waals surface area contributed by atoms with Gasteiger partial charge in [0.25, 0.3) is 5.91 Å². The minimum absolute atomic E-state index is 0.225. The Morgan fingerprint density at radius 1 is 0.964 bits per heavy atom. The van der Waals surface area contributed by atoms with Gasteiger partial charge in [-0.1, -0.05) is 19.1 Å². The van der Waals surface area contributed by atoms with Gasteiger partial charge in [0.15, 0.2) is 9.84 Å². The van der Waals surface area contributed by atoms with E-state index in [0.717, 1.165) is 22.4 Å². The zero-order chi connectivity index (χ0) is 21.1. The van der Waals surface area contributed by atoms with Gasteiger partial charge in [0.2, 0.25) is 10.0 Å². The Balaban J connectivity index is 2.16. The molecule has 0 radical (unpaired) electrons. The second-order valence-corrected chi connectivity index (χ2v) is 10.6. The molecule has 1 amide bonds. The van der Waals surface area contributed by atoms with Gasteiger partial charge >= 0.3 is 0 Å². The molecule has 0 unspecified atom stereocenters. The Morgan fingerprint density at radius 3 is 1.93 bits per heavy atom. The molecule has 1 N–H and O–H groups in total. The molecular formula is C19H24N2O5S2. The number of anilines is 1. The number of nitrogens with zero attached hydrogens (tertiary/aromatic N) is 1. The molecule has 2 aromatic rings. The standard InChI is InChI=1S/C19H24N2O5S2/c1-5-18(14-8-12-17(13-9-14)27(3,23)24)20-19(22)15-6-10-16(11-7-15)21(2)28(4,25)26/h6-13,18H,5H2,1-4H3,(H,20,22)/t18-/m1/s1. The van der Waals surface area contributed by atoms with Gasteiger partial charge in [-0.05, 0) is 48.4 Å². The molecule has 0 saturated carbocycles. The van der Waals surface area contributed by atoms with Crippen molar-refractivity contribution in [2.75, 3.05) is 23.9 Å². The number of carbonyl (C=O) groups excluding carboxylic acids is 1. The molecule has 1 atom stereocenters. The van der Waals surface area contributed by atoms with Crippen molar-refractivity contribution in [3.63, 3.8) is 0 Å². The Morgan fingerprint density at radius 2 is 1.50 bits per heavy atom. The predicted molar refractivity (Wildman–Crippen MR) is 110 cm³/mol. The van der Waals surface area contributed by atoms with Crippen molar-refractivity contribution < 1.29 is 21.6 Å². The summed E-state index contributed by atoms with van der Waals surface area (Å²) in [6, 6.07) is 12.4. The van der Waals surface area contributed by atoms with E-state index < -0.39 is 19.9 Å². The molecule has 0 aliphatic heterocycles. The Kier molecular flexibility index (Phi) is 6.51. The third kappa shape index (κ3) is 5.32. The fourth-order valence-corrected chi connectivity index (χ4v) is 3.76. The summed E-state index contributed by atoms with van der Waals surface area (Å²) in [5, 5.41) is 2.92. The molecule has 0 aromatic heterocycles. The van der Waals surface area contributed by atoms with E-state index in [2.05, 4.69) is 5.32 Å². The zero-order valence-electron chi connectivity index (χ0n) is 16.2. The lowest BCUT2D eigenvalue weighted by Crippen LogP contribution is -2.28. The van der Waals surface area contributed by atoms with Crippen molar-refractivity contribution in [2.45, 2.75) is 24.3 Å². The quantitative estimate of drug-likeness (QED) is 0.735. The van der Waals surface area contributed by atoms with Gasteiger partial charge in [0.05, 0.1) is 22.9 Å². The highest BCUT2D eigenvalue weighted by Gasteiger charge is 2.17. The summed E-state index contributed by atoms with van der Waals surface area (Å²) in [4.78, 5) is 12.8. The molecule has 2 rings (SSSR count). The summed E-state index contributed by atoms with van der Waals surface area (Å²) in [5.41, 5.74) is 1.66. The maximum Gasteiger partial charge on any atom is 0.251 e. The van der Waals surface area contributed by atoms with E-state index in [0.29, 0.717) is 17.7 Å². The van der Waals surface area contributed by atoms with E-state index in [1.54, 1.807) is 36.4 Å². The number of rotatable bonds is 7. The molecule has 0 fully saturated rings. The Labute approximate surface area is 166 Å². The summed E-state index contributed by atoms with van der Waals surface area (Å²) < 4.78 is 47.5. The Bertz CT molecular complexity index is 1040. The SMILES string of the molecule is CC[C@@H](NC(=O)c1ccc(N(C)S(C)(=O)=O)cc1)c1ccc(S(C)(=O)=O)cc1. The highest BCUT2D eigenvalue weighted by atomic mass is 32.2. The van der Waals surface area contributed by atoms with Crippen LogP contribution in [0.15, 0.2) is 53.4 Å². The van der Waals surface area contributed by atoms with Gasteiger partial charge in [-0.2, -0.15) is 0 Å². The van der Waals surface area contributed by atoms with Gasteiger partial charge in [-0.25, -0.2) is 16.8 Å². The Hall–Kier alpha value is -2.39. The van der Waals surface area contributed by atoms with Crippen molar-refractivity contribution in [2.24, 2.45) is 0 Å². The summed E-state index contributed by atoms with van der Waals surface area (Å²) in [6.07, 6.45) is 2.87. The second-order valence-electron chi connectivity index (χ2n) is 6.55. The normalized spacial score (nSPS) is 13.0. The molecule has 152 valence electrons. The number of benzene rings is 2. The van der Waals surface area contributed by atoms with E-state index in [4.69, 9.17) is 0 Å². The fraction of sp³-hybridized carbons (Fsp3) is 0.316. The third-order valence-electron chi connectivity index (χ3n) is 4.41. The summed E-state index contributed by atoms with van der Waals surface area (Å²) in [5.74, 6) is -0.299. The van der Waals surface area contributed by atoms with E-state index in [-0.39, 0.29) is 16.8 Å². The number of sulfonamides is 1. The zero-order valence-corrected chi connectivity index (χ0v) is 17.8. The first kappa shape index (κ1) is 21.9. The molecule has 0 saturated heterocycles. The lowest BCUT2D eigenvalue weighted by molar-refractivity contribution is 0.0935. The molecule has 28 heavy (non-hydrogen) atoms. The number of hydrogen-bond acceptors (Lipinski definition) is 5. The number of nitrogens with one attached hydrogen (secondary N) is 1. The molecule has 0 aliphatic rings. The van der Waals surface area contributed by atoms with Crippen molar-refractivity contribution in [1.29, 1.82) is 0 Å². The molecule has 2 aromatic carbocycles. The summed E-state index contributed by atoms with van der Waals surface area (Å²) in [6.45, 7) is 1.92. The van der Waals surface area contributed by atoms with Crippen LogP contribution in [0.5, 0.6) is 0 Å². The molecule has 0 spiro atoms. The van der Waals surface area contributed by atoms with Crippen LogP contribution in [-0.4, -0.2) is 42.3 Å². The van der Waals surface area contributed by atoms with Crippen LogP contribution in [0.25, 0.3) is 0 Å². The van der Waals surface area contributed by atoms with Crippen LogP contribution in [-0.2, 0) is 19.9 Å². The molecule has 0 aliphatic carbocycles. The van der Waals surface area contributed by atoms with Crippen molar-refractivity contribution in [3.05, 3.63) is 59.7 Å². The average Bonchev–Trinajstić information content (AvgIpc) is 2.64. The van der Waals surface area contributed by atoms with Crippen LogP contribution in [0.1, 0.15) is 35.3 Å². The van der Waals surface area contributed by atoms with Gasteiger partial charge in [-0.3, -0.25) is 9.10 Å². The van der Waals surface area contributed by atoms with Gasteiger partial charge in [-0.15, -0.1) is 0 Å². The number of hydrogen-bond donors (Lipinski definition) is 1. The topological polar surface area (TPSA) is 101 Å². The summed E-state index contributed by atoms with van der Waals surface area (Å²) >= 11 is 0. The van der Waals surface area contributed by atoms with Crippen LogP contribution < -0.4 is 9.62 Å². The highest BCUT2D eigenvalue weighted by molar-refractivity contribution is 7.92. The maximum absolute atomic E-state index is 12.6. The summed E-state index contributed by atoms with van der Waals surface area (Å²) in [7, 11) is -5.20. The van der Waals surface area contributed by atoms with Crippen LogP contribution in [0.4, 0.5) is 5.69 Å². The minimum Gasteiger partial charge on any atom is -0.345 e. The number of sulfone groups is 1. The largest absolute Gasteiger partial charge is 0.345 e. The maximum atomic E-state index is 12.6. The monoisotopic (exact) mass is 424 g/mol. The van der Waals surface area contributed by atoms with Crippen LogP contribution in [0.2, 0.25) is 0 Å². The fourth-order valence-electron chi connectivity index (χ4n) is 2.62. The van der Waals surface area contributed by atoms with Gasteiger partial charge in [0, 0.05) is 18.9 Å². The first-order valence-electron chi connectivity index (χ1n) is 8.58. The van der Waals surface area contributed by atoms with E-state index in [9.17, 15) is 21.6 Å². The van der Waals surface area contributed by atoms with Crippen molar-refractivity contribution in [1.82, 2.24) is 5.32 Å². The molecule has 0 bridgehead atoms. The van der Waals surface area contributed by atoms with E-state index in [1.165, 1.54) is 19.2 Å². The van der Waals surface area contributed by atoms with E-state index in [1.807, 2.05) is 6.92 Å². The molecule has 9 heteroatoms. The van der Waals surface area contributed by atoms with Crippen molar-refractivity contribution >= 4 is 31.5 Å². The third-order valence-corrected chi connectivity index (χ3v) is 6.75. The minimum atomic E-state index is -3.37. The van der Waals surface area contributed by atoms with Crippen LogP contribution >= 0.6 is 0 Å². The lowest BCUT2D eigenvalue weighted by atomic mass is 10.0. The molecule has 0 heterocycles. The lowest BCUT2D eigenvalue weighted by Gasteiger charge is -2.19. The number of carbonyl (C=O) groups is 1. The predicted octanol–water partition coefficient (Wildman–Crippen LogP) is 2.37. The molecular weight excluding hydrogens is 400 g/mol. The van der Waals surface area contributed by atoms with Crippen LogP contribution in [0.3, 0.4) is 0 Å². The first-order chi connectivity index (χ1) is 12.9. The average molecular weight is 425 g/mol. The van der Waals surface area contributed by atoms with Crippen LogP contribution in [0, 0.1) is 0 Å². The van der Waals surface area contributed by atoms with Gasteiger partial charge in [0.1, 0.15) is 0 Å². The smallest absolute Gasteiger partial charge is 0.251 e. The highest BCUT2D eigenvalue weighted by Crippen LogP contribution is 2.21. The first-order valence-corrected chi connectivity index (χ1v) is 12.3. The van der Waals surface area contributed by atoms with Crippen molar-refractivity contribution in [3.8, 4) is 0 Å². The number of amides is 1. The second kappa shape index (κ2) is 8.32. The van der Waals surface area contributed by atoms with E-state index >= 15 is 0 Å². The molecule has 7 nitrogen and oxygen atoms in total.